The van der Waals surface area contributed by atoms with E-state index in [1.165, 1.54) is 18.2 Å². The summed E-state index contributed by atoms with van der Waals surface area (Å²) in [4.78, 5) is 9.54. The minimum absolute atomic E-state index is 0.106. The van der Waals surface area contributed by atoms with Crippen LogP contribution in [-0.4, -0.2) is 17.1 Å². The minimum atomic E-state index is -0.646. The summed E-state index contributed by atoms with van der Waals surface area (Å²) in [6, 6.07) is 8.21. The van der Waals surface area contributed by atoms with Crippen LogP contribution < -0.4 is 5.73 Å². The van der Waals surface area contributed by atoms with E-state index in [0.717, 1.165) is 13.2 Å². The van der Waals surface area contributed by atoms with E-state index in [1.54, 1.807) is 12.1 Å². The van der Waals surface area contributed by atoms with E-state index in [1.807, 2.05) is 0 Å². The molecule has 3 N–H and O–H groups in total. The molecule has 2 rings (SSSR count). The molecule has 0 amide bonds. The van der Waals surface area contributed by atoms with Gasteiger partial charge in [-0.3, -0.25) is 10.1 Å². The van der Waals surface area contributed by atoms with Crippen molar-refractivity contribution in [3.63, 3.8) is 0 Å². The Kier molecular flexibility index (Phi) is 9.46. The zero-order valence-electron chi connectivity index (χ0n) is 11.3. The van der Waals surface area contributed by atoms with Crippen molar-refractivity contribution in [3.8, 4) is 0 Å². The summed E-state index contributed by atoms with van der Waals surface area (Å²) >= 11 is 5.74. The van der Waals surface area contributed by atoms with Crippen molar-refractivity contribution in [1.29, 1.82) is 0 Å². The molecular formula is C13H12Br2F2N2O3. The lowest BCUT2D eigenvalue weighted by atomic mass is 10.3. The first-order valence-electron chi connectivity index (χ1n) is 5.57. The van der Waals surface area contributed by atoms with Crippen molar-refractivity contribution in [2.45, 2.75) is 0 Å². The number of nitro benzene ring substituents is 1. The molecule has 0 saturated heterocycles. The van der Waals surface area contributed by atoms with Gasteiger partial charge in [-0.25, -0.2) is 8.78 Å². The maximum absolute atomic E-state index is 12.6. The fourth-order valence-corrected chi connectivity index (χ4v) is 1.83. The number of nitrogens with zero attached hydrogens (tertiary/aromatic N) is 1. The molecule has 0 aromatic heterocycles. The molecule has 0 aliphatic heterocycles. The Morgan fingerprint density at radius 2 is 1.50 bits per heavy atom. The molecule has 0 bridgehead atoms. The number of aliphatic hydroxyl groups excluding tert-OH is 1. The first-order chi connectivity index (χ1) is 10.3. The van der Waals surface area contributed by atoms with Crippen LogP contribution in [0.3, 0.4) is 0 Å². The molecule has 0 heterocycles. The lowest BCUT2D eigenvalue weighted by molar-refractivity contribution is -0.385. The van der Waals surface area contributed by atoms with Crippen LogP contribution in [0.2, 0.25) is 0 Å². The van der Waals surface area contributed by atoms with Crippen molar-refractivity contribution in [1.82, 2.24) is 0 Å². The van der Waals surface area contributed by atoms with Crippen LogP contribution in [0, 0.1) is 21.7 Å². The summed E-state index contributed by atoms with van der Waals surface area (Å²) in [6.45, 7) is 0. The van der Waals surface area contributed by atoms with Crippen LogP contribution in [0.5, 0.6) is 0 Å². The Labute approximate surface area is 142 Å². The number of hydrogen-bond donors (Lipinski definition) is 2. The molecule has 9 heteroatoms. The van der Waals surface area contributed by atoms with Gasteiger partial charge in [0.1, 0.15) is 16.1 Å². The Morgan fingerprint density at radius 1 is 1.05 bits per heavy atom. The maximum Gasteiger partial charge on any atom is 0.286 e. The topological polar surface area (TPSA) is 89.4 Å². The molecule has 0 aliphatic carbocycles. The van der Waals surface area contributed by atoms with E-state index >= 15 is 0 Å². The third-order valence-corrected chi connectivity index (χ3v) is 3.73. The first-order valence-corrected chi connectivity index (χ1v) is 7.15. The average molecular weight is 442 g/mol. The fourth-order valence-electron chi connectivity index (χ4n) is 1.15. The van der Waals surface area contributed by atoms with Gasteiger partial charge < -0.3 is 10.8 Å². The molecule has 120 valence electrons. The molecular weight excluding hydrogens is 430 g/mol. The van der Waals surface area contributed by atoms with Gasteiger partial charge in [0.05, 0.1) is 9.40 Å². The van der Waals surface area contributed by atoms with Crippen LogP contribution >= 0.6 is 31.9 Å². The van der Waals surface area contributed by atoms with Gasteiger partial charge in [-0.05, 0) is 50.1 Å². The highest BCUT2D eigenvalue weighted by molar-refractivity contribution is 9.11. The van der Waals surface area contributed by atoms with E-state index < -0.39 is 10.7 Å². The SMILES string of the molecule is CO.Nc1cccc(F)c1Br.O=[N+]([O-])c1cccc(F)c1Br. The number of benzene rings is 2. The van der Waals surface area contributed by atoms with Gasteiger partial charge in [-0.1, -0.05) is 12.1 Å². The first kappa shape index (κ1) is 20.4. The van der Waals surface area contributed by atoms with E-state index in [0.29, 0.717) is 10.2 Å². The van der Waals surface area contributed by atoms with E-state index in [9.17, 15) is 18.9 Å². The molecule has 0 spiro atoms. The van der Waals surface area contributed by atoms with Gasteiger partial charge in [0.25, 0.3) is 5.69 Å². The summed E-state index contributed by atoms with van der Waals surface area (Å²) < 4.78 is 25.3. The summed E-state index contributed by atoms with van der Waals surface area (Å²) in [7, 11) is 1.00. The second-order valence-electron chi connectivity index (χ2n) is 3.47. The summed E-state index contributed by atoms with van der Waals surface area (Å²) in [5.41, 5.74) is 5.50. The zero-order valence-corrected chi connectivity index (χ0v) is 14.4. The second-order valence-corrected chi connectivity index (χ2v) is 5.06. The number of nitrogen functional groups attached to an aromatic ring is 1. The lowest BCUT2D eigenvalue weighted by Crippen LogP contribution is -1.90. The quantitative estimate of drug-likeness (QED) is 0.392. The number of hydrogen-bond acceptors (Lipinski definition) is 4. The van der Waals surface area contributed by atoms with Gasteiger partial charge in [-0.15, -0.1) is 0 Å². The number of rotatable bonds is 1. The van der Waals surface area contributed by atoms with Crippen molar-refractivity contribution in [3.05, 3.63) is 67.1 Å². The summed E-state index contributed by atoms with van der Waals surface area (Å²) in [5.74, 6) is -0.950. The third kappa shape index (κ3) is 6.04. The van der Waals surface area contributed by atoms with Crippen LogP contribution in [0.1, 0.15) is 0 Å². The Hall–Kier alpha value is -1.58. The predicted molar refractivity (Wildman–Crippen MR) is 87.4 cm³/mol. The standard InChI is InChI=1S/C6H3BrFNO2.C6H5BrFN.CH4O/c7-6-4(8)2-1-3-5(6)9(10)11;7-6-4(8)2-1-3-5(6)9;1-2/h1-3H;1-3H,9H2;2H,1H3. The largest absolute Gasteiger partial charge is 0.400 e. The van der Waals surface area contributed by atoms with Crippen LogP contribution in [0.15, 0.2) is 45.3 Å². The molecule has 0 radical (unpaired) electrons. The van der Waals surface area contributed by atoms with Crippen molar-refractivity contribution >= 4 is 43.2 Å². The number of anilines is 1. The molecule has 0 aliphatic rings. The zero-order chi connectivity index (χ0) is 17.3. The van der Waals surface area contributed by atoms with Crippen LogP contribution in [0.25, 0.3) is 0 Å². The molecule has 2 aromatic rings. The van der Waals surface area contributed by atoms with Gasteiger partial charge in [0.15, 0.2) is 0 Å². The highest BCUT2D eigenvalue weighted by Gasteiger charge is 2.13. The number of nitro groups is 1. The molecule has 0 saturated carbocycles. The van der Waals surface area contributed by atoms with Crippen LogP contribution in [-0.2, 0) is 0 Å². The number of nitrogens with two attached hydrogens (primary N) is 1. The highest BCUT2D eigenvalue weighted by atomic mass is 79.9. The average Bonchev–Trinajstić information content (AvgIpc) is 2.50. The van der Waals surface area contributed by atoms with Crippen molar-refractivity contribution < 1.29 is 18.8 Å². The molecule has 22 heavy (non-hydrogen) atoms. The van der Waals surface area contributed by atoms with Crippen molar-refractivity contribution in [2.75, 3.05) is 12.8 Å². The Balaban J connectivity index is 0.000000366. The normalized spacial score (nSPS) is 9.00. The van der Waals surface area contributed by atoms with Crippen LogP contribution in [0.4, 0.5) is 20.2 Å². The fraction of sp³-hybridized carbons (Fsp3) is 0.0769. The molecule has 0 unspecified atom stereocenters. The Bertz CT molecular complexity index is 622. The van der Waals surface area contributed by atoms with E-state index in [-0.39, 0.29) is 16.0 Å². The molecule has 0 atom stereocenters. The van der Waals surface area contributed by atoms with Gasteiger partial charge in [0.2, 0.25) is 0 Å². The molecule has 0 fully saturated rings. The molecule has 2 aromatic carbocycles. The monoisotopic (exact) mass is 440 g/mol. The second kappa shape index (κ2) is 10.2. The number of aliphatic hydroxyl groups is 1. The van der Waals surface area contributed by atoms with E-state index in [4.69, 9.17) is 10.8 Å². The number of halogens is 4. The smallest absolute Gasteiger partial charge is 0.286 e. The maximum atomic E-state index is 12.6. The highest BCUT2D eigenvalue weighted by Crippen LogP contribution is 2.26. The van der Waals surface area contributed by atoms with Gasteiger partial charge in [-0.2, -0.15) is 0 Å². The summed E-state index contributed by atoms with van der Waals surface area (Å²) in [5, 5.41) is 17.2. The minimum Gasteiger partial charge on any atom is -0.400 e. The Morgan fingerprint density at radius 3 is 1.86 bits per heavy atom. The predicted octanol–water partition coefficient (Wildman–Crippen LogP) is 4.28. The van der Waals surface area contributed by atoms with Gasteiger partial charge >= 0.3 is 0 Å². The van der Waals surface area contributed by atoms with Gasteiger partial charge in [0, 0.05) is 18.9 Å². The summed E-state index contributed by atoms with van der Waals surface area (Å²) in [6.07, 6.45) is 0. The third-order valence-electron chi connectivity index (χ3n) is 2.11. The lowest BCUT2D eigenvalue weighted by Gasteiger charge is -1.95. The molecule has 5 nitrogen and oxygen atoms in total. The van der Waals surface area contributed by atoms with E-state index in [2.05, 4.69) is 31.9 Å². The van der Waals surface area contributed by atoms with Crippen molar-refractivity contribution in [2.24, 2.45) is 0 Å².